The predicted octanol–water partition coefficient (Wildman–Crippen LogP) is 2.72. The predicted molar refractivity (Wildman–Crippen MR) is 71.7 cm³/mol. The summed E-state index contributed by atoms with van der Waals surface area (Å²) in [7, 11) is 0. The molecule has 0 N–H and O–H groups in total. The quantitative estimate of drug-likeness (QED) is 0.820. The van der Waals surface area contributed by atoms with Crippen LogP contribution in [-0.2, 0) is 0 Å². The Hall–Kier alpha value is -1.09. The lowest BCUT2D eigenvalue weighted by Crippen LogP contribution is -2.49. The minimum atomic E-state index is 0.695. The van der Waals surface area contributed by atoms with Crippen LogP contribution >= 0.6 is 0 Å². The van der Waals surface area contributed by atoms with E-state index >= 15 is 0 Å². The van der Waals surface area contributed by atoms with Crippen molar-refractivity contribution in [1.29, 1.82) is 0 Å². The highest BCUT2D eigenvalue weighted by atomic mass is 16.5. The molecule has 0 aromatic carbocycles. The van der Waals surface area contributed by atoms with Crippen molar-refractivity contribution in [2.45, 2.75) is 38.1 Å². The minimum Gasteiger partial charge on any atom is -0.477 e. The van der Waals surface area contributed by atoms with E-state index < -0.39 is 0 Å². The molecule has 2 saturated heterocycles. The second-order valence-corrected chi connectivity index (χ2v) is 5.48. The third-order valence-corrected chi connectivity index (χ3v) is 4.31. The standard InChI is InChI=1S/C15H22N2O/c1-3-9-16-15(8-1)18-12-13-6-5-11-17-10-4-2-7-14(13)17/h1,3,8-9,13-14H,2,4-7,10-12H2/t13-,14+/m0/s1. The number of pyridine rings is 1. The van der Waals surface area contributed by atoms with Crippen LogP contribution in [0.25, 0.3) is 0 Å². The van der Waals surface area contributed by atoms with Gasteiger partial charge in [-0.05, 0) is 44.8 Å². The zero-order valence-corrected chi connectivity index (χ0v) is 10.9. The first-order chi connectivity index (χ1) is 8.93. The normalized spacial score (nSPS) is 28.7. The smallest absolute Gasteiger partial charge is 0.213 e. The molecule has 1 aromatic rings. The fourth-order valence-corrected chi connectivity index (χ4v) is 3.40. The number of fused-ring (bicyclic) bond motifs is 1. The molecule has 1 aromatic heterocycles. The molecular weight excluding hydrogens is 224 g/mol. The van der Waals surface area contributed by atoms with Gasteiger partial charge in [0.05, 0.1) is 6.61 Å². The summed E-state index contributed by atoms with van der Waals surface area (Å²) in [4.78, 5) is 6.91. The zero-order chi connectivity index (χ0) is 12.2. The first kappa shape index (κ1) is 12.0. The number of aromatic nitrogens is 1. The highest BCUT2D eigenvalue weighted by molar-refractivity contribution is 5.09. The molecule has 98 valence electrons. The first-order valence-corrected chi connectivity index (χ1v) is 7.21. The van der Waals surface area contributed by atoms with Crippen molar-refractivity contribution >= 4 is 0 Å². The van der Waals surface area contributed by atoms with Crippen LogP contribution in [0.2, 0.25) is 0 Å². The van der Waals surface area contributed by atoms with Gasteiger partial charge in [-0.1, -0.05) is 12.5 Å². The van der Waals surface area contributed by atoms with Crippen molar-refractivity contribution < 1.29 is 4.74 Å². The summed E-state index contributed by atoms with van der Waals surface area (Å²) >= 11 is 0. The van der Waals surface area contributed by atoms with Crippen LogP contribution in [-0.4, -0.2) is 35.6 Å². The third kappa shape index (κ3) is 2.66. The van der Waals surface area contributed by atoms with Crippen LogP contribution in [0.3, 0.4) is 0 Å². The second kappa shape index (κ2) is 5.70. The molecule has 0 aliphatic carbocycles. The average Bonchev–Trinajstić information content (AvgIpc) is 2.46. The van der Waals surface area contributed by atoms with E-state index in [9.17, 15) is 0 Å². The number of hydrogen-bond donors (Lipinski definition) is 0. The molecular formula is C15H22N2O. The number of rotatable bonds is 3. The Kier molecular flexibility index (Phi) is 3.79. The summed E-state index contributed by atoms with van der Waals surface area (Å²) in [6.07, 6.45) is 8.56. The number of piperidine rings is 2. The maximum absolute atomic E-state index is 5.86. The Labute approximate surface area is 109 Å². The van der Waals surface area contributed by atoms with Crippen LogP contribution in [0.4, 0.5) is 0 Å². The molecule has 2 fully saturated rings. The zero-order valence-electron chi connectivity index (χ0n) is 10.9. The van der Waals surface area contributed by atoms with E-state index in [1.807, 2.05) is 18.2 Å². The van der Waals surface area contributed by atoms with Gasteiger partial charge in [-0.15, -0.1) is 0 Å². The lowest BCUT2D eigenvalue weighted by Gasteiger charge is -2.44. The van der Waals surface area contributed by atoms with E-state index in [1.54, 1.807) is 6.20 Å². The van der Waals surface area contributed by atoms with Crippen LogP contribution < -0.4 is 4.74 Å². The van der Waals surface area contributed by atoms with Gasteiger partial charge in [0.1, 0.15) is 0 Å². The van der Waals surface area contributed by atoms with Crippen molar-refractivity contribution in [1.82, 2.24) is 9.88 Å². The molecule has 0 spiro atoms. The molecule has 3 nitrogen and oxygen atoms in total. The molecule has 3 heterocycles. The van der Waals surface area contributed by atoms with Crippen LogP contribution in [0, 0.1) is 5.92 Å². The lowest BCUT2D eigenvalue weighted by atomic mass is 9.84. The largest absolute Gasteiger partial charge is 0.477 e. The van der Waals surface area contributed by atoms with E-state index in [2.05, 4.69) is 9.88 Å². The summed E-state index contributed by atoms with van der Waals surface area (Å²) in [5.74, 6) is 1.46. The lowest BCUT2D eigenvalue weighted by molar-refractivity contribution is 0.0357. The third-order valence-electron chi connectivity index (χ3n) is 4.31. The van der Waals surface area contributed by atoms with E-state index in [1.165, 1.54) is 45.2 Å². The molecule has 2 atom stereocenters. The fourth-order valence-electron chi connectivity index (χ4n) is 3.40. The van der Waals surface area contributed by atoms with E-state index in [-0.39, 0.29) is 0 Å². The second-order valence-electron chi connectivity index (χ2n) is 5.48. The van der Waals surface area contributed by atoms with Gasteiger partial charge in [0.2, 0.25) is 5.88 Å². The Bertz CT molecular complexity index is 366. The molecule has 2 aliphatic rings. The minimum absolute atomic E-state index is 0.695. The maximum atomic E-state index is 5.86. The molecule has 0 amide bonds. The van der Waals surface area contributed by atoms with Gasteiger partial charge in [-0.3, -0.25) is 4.90 Å². The van der Waals surface area contributed by atoms with Crippen molar-refractivity contribution in [3.8, 4) is 5.88 Å². The molecule has 18 heavy (non-hydrogen) atoms. The fraction of sp³-hybridized carbons (Fsp3) is 0.667. The summed E-state index contributed by atoms with van der Waals surface area (Å²) in [5.41, 5.74) is 0. The molecule has 0 radical (unpaired) electrons. The van der Waals surface area contributed by atoms with Crippen molar-refractivity contribution in [3.63, 3.8) is 0 Å². The van der Waals surface area contributed by atoms with Gasteiger partial charge in [0.15, 0.2) is 0 Å². The Balaban J connectivity index is 1.58. The molecule has 2 aliphatic heterocycles. The van der Waals surface area contributed by atoms with Gasteiger partial charge in [-0.25, -0.2) is 4.98 Å². The van der Waals surface area contributed by atoms with Crippen LogP contribution in [0.1, 0.15) is 32.1 Å². The van der Waals surface area contributed by atoms with Gasteiger partial charge < -0.3 is 4.74 Å². The van der Waals surface area contributed by atoms with E-state index in [0.717, 1.165) is 18.5 Å². The highest BCUT2D eigenvalue weighted by Gasteiger charge is 2.33. The Morgan fingerprint density at radius 2 is 2.11 bits per heavy atom. The summed E-state index contributed by atoms with van der Waals surface area (Å²) in [5, 5.41) is 0. The Morgan fingerprint density at radius 1 is 1.17 bits per heavy atom. The van der Waals surface area contributed by atoms with Crippen molar-refractivity contribution in [2.75, 3.05) is 19.7 Å². The van der Waals surface area contributed by atoms with Gasteiger partial charge in [-0.2, -0.15) is 0 Å². The number of hydrogen-bond acceptors (Lipinski definition) is 3. The first-order valence-electron chi connectivity index (χ1n) is 7.21. The van der Waals surface area contributed by atoms with Crippen LogP contribution in [0.15, 0.2) is 24.4 Å². The molecule has 0 saturated carbocycles. The van der Waals surface area contributed by atoms with E-state index in [0.29, 0.717) is 5.92 Å². The molecule has 0 bridgehead atoms. The SMILES string of the molecule is c1ccc(OC[C@@H]2CCCN3CCCC[C@H]23)nc1. The molecule has 0 unspecified atom stereocenters. The van der Waals surface area contributed by atoms with E-state index in [4.69, 9.17) is 4.74 Å². The average molecular weight is 246 g/mol. The monoisotopic (exact) mass is 246 g/mol. The highest BCUT2D eigenvalue weighted by Crippen LogP contribution is 2.31. The van der Waals surface area contributed by atoms with Crippen molar-refractivity contribution in [3.05, 3.63) is 24.4 Å². The van der Waals surface area contributed by atoms with Gasteiger partial charge in [0.25, 0.3) is 0 Å². The topological polar surface area (TPSA) is 25.4 Å². The number of nitrogens with zero attached hydrogens (tertiary/aromatic N) is 2. The molecule has 3 heteroatoms. The number of ether oxygens (including phenoxy) is 1. The van der Waals surface area contributed by atoms with Crippen LogP contribution in [0.5, 0.6) is 5.88 Å². The van der Waals surface area contributed by atoms with Crippen molar-refractivity contribution in [2.24, 2.45) is 5.92 Å². The summed E-state index contributed by atoms with van der Waals surface area (Å²) in [6, 6.07) is 6.62. The summed E-state index contributed by atoms with van der Waals surface area (Å²) in [6.45, 7) is 3.42. The summed E-state index contributed by atoms with van der Waals surface area (Å²) < 4.78 is 5.86. The van der Waals surface area contributed by atoms with Gasteiger partial charge in [0, 0.05) is 24.2 Å². The Morgan fingerprint density at radius 3 is 3.00 bits per heavy atom. The maximum Gasteiger partial charge on any atom is 0.213 e. The molecule has 3 rings (SSSR count). The van der Waals surface area contributed by atoms with Gasteiger partial charge >= 0.3 is 0 Å².